The lowest BCUT2D eigenvalue weighted by Crippen LogP contribution is -2.37. The second-order valence-corrected chi connectivity index (χ2v) is 8.75. The standard InChI is InChI=1S/C23H23ClFN3O/c1-2-19(27-23(29)13-3-5-14(24)6-4-13)22-17-10-16(11-18(17)22)28-12-26-20-8-7-15(25)9-21(20)28/h3-9,12,16-19,22H,2,10-11H2,1H3,(H,27,29)/t16?,17-,18+,19-,22?/m1/s1. The van der Waals surface area contributed by atoms with Crippen LogP contribution in [0.15, 0.2) is 48.8 Å². The first-order valence-electron chi connectivity index (χ1n) is 10.2. The van der Waals surface area contributed by atoms with E-state index in [2.05, 4.69) is 21.8 Å². The summed E-state index contributed by atoms with van der Waals surface area (Å²) in [6.45, 7) is 2.13. The van der Waals surface area contributed by atoms with Gasteiger partial charge in [0.25, 0.3) is 5.91 Å². The van der Waals surface area contributed by atoms with Gasteiger partial charge in [-0.15, -0.1) is 0 Å². The summed E-state index contributed by atoms with van der Waals surface area (Å²) in [6.07, 6.45) is 4.88. The van der Waals surface area contributed by atoms with Crippen LogP contribution in [0, 0.1) is 23.6 Å². The second kappa shape index (κ2) is 7.13. The predicted molar refractivity (Wildman–Crippen MR) is 111 cm³/mol. The largest absolute Gasteiger partial charge is 0.349 e. The average molecular weight is 412 g/mol. The van der Waals surface area contributed by atoms with E-state index in [0.717, 1.165) is 30.3 Å². The maximum Gasteiger partial charge on any atom is 0.251 e. The van der Waals surface area contributed by atoms with E-state index >= 15 is 0 Å². The molecule has 1 amide bonds. The van der Waals surface area contributed by atoms with Crippen LogP contribution in [0.3, 0.4) is 0 Å². The maximum absolute atomic E-state index is 13.7. The van der Waals surface area contributed by atoms with Crippen LogP contribution in [0.1, 0.15) is 42.6 Å². The smallest absolute Gasteiger partial charge is 0.251 e. The molecule has 6 heteroatoms. The number of hydrogen-bond acceptors (Lipinski definition) is 2. The molecule has 2 aromatic carbocycles. The third-order valence-corrected chi connectivity index (χ3v) is 7.00. The topological polar surface area (TPSA) is 46.9 Å². The third kappa shape index (κ3) is 3.31. The van der Waals surface area contributed by atoms with E-state index < -0.39 is 0 Å². The Hall–Kier alpha value is -2.40. The summed E-state index contributed by atoms with van der Waals surface area (Å²) in [6, 6.07) is 12.3. The van der Waals surface area contributed by atoms with Crippen molar-refractivity contribution in [2.24, 2.45) is 17.8 Å². The summed E-state index contributed by atoms with van der Waals surface area (Å²) in [4.78, 5) is 17.0. The van der Waals surface area contributed by atoms with E-state index in [1.165, 1.54) is 6.07 Å². The molecule has 4 nitrogen and oxygen atoms in total. The number of hydrogen-bond donors (Lipinski definition) is 1. The summed E-state index contributed by atoms with van der Waals surface area (Å²) >= 11 is 5.92. The van der Waals surface area contributed by atoms with Gasteiger partial charge in [0, 0.05) is 22.7 Å². The summed E-state index contributed by atoms with van der Waals surface area (Å²) in [5.41, 5.74) is 2.35. The molecule has 5 atom stereocenters. The Bertz CT molecular complexity index is 1050. The van der Waals surface area contributed by atoms with Gasteiger partial charge in [0.1, 0.15) is 5.82 Å². The van der Waals surface area contributed by atoms with Gasteiger partial charge in [-0.3, -0.25) is 4.79 Å². The van der Waals surface area contributed by atoms with Gasteiger partial charge < -0.3 is 9.88 Å². The first-order chi connectivity index (χ1) is 14.0. The minimum absolute atomic E-state index is 0.0360. The van der Waals surface area contributed by atoms with Gasteiger partial charge >= 0.3 is 0 Å². The van der Waals surface area contributed by atoms with E-state index in [-0.39, 0.29) is 17.8 Å². The van der Waals surface area contributed by atoms with Crippen molar-refractivity contribution < 1.29 is 9.18 Å². The van der Waals surface area contributed by atoms with Crippen molar-refractivity contribution in [2.45, 2.75) is 38.3 Å². The van der Waals surface area contributed by atoms with Gasteiger partial charge in [0.15, 0.2) is 0 Å². The average Bonchev–Trinajstić information content (AvgIpc) is 3.06. The molecule has 2 aliphatic rings. The molecule has 1 N–H and O–H groups in total. The van der Waals surface area contributed by atoms with Crippen LogP contribution in [-0.4, -0.2) is 21.5 Å². The first kappa shape index (κ1) is 18.6. The summed E-state index contributed by atoms with van der Waals surface area (Å²) in [5.74, 6) is 1.49. The van der Waals surface area contributed by atoms with Gasteiger partial charge in [-0.2, -0.15) is 0 Å². The fourth-order valence-corrected chi connectivity index (χ4v) is 5.43. The Morgan fingerprint density at radius 1 is 1.24 bits per heavy atom. The molecule has 2 saturated carbocycles. The minimum Gasteiger partial charge on any atom is -0.349 e. The molecule has 0 spiro atoms. The van der Waals surface area contributed by atoms with E-state index in [1.807, 2.05) is 6.33 Å². The Morgan fingerprint density at radius 2 is 1.97 bits per heavy atom. The van der Waals surface area contributed by atoms with Crippen LogP contribution < -0.4 is 5.32 Å². The Kier molecular flexibility index (Phi) is 4.58. The number of amides is 1. The van der Waals surface area contributed by atoms with Crippen molar-refractivity contribution in [1.29, 1.82) is 0 Å². The lowest BCUT2D eigenvalue weighted by Gasteiger charge is -2.22. The molecule has 0 aliphatic heterocycles. The lowest BCUT2D eigenvalue weighted by molar-refractivity contribution is 0.0927. The number of aromatic nitrogens is 2. The molecular weight excluding hydrogens is 389 g/mol. The van der Waals surface area contributed by atoms with Crippen LogP contribution >= 0.6 is 11.6 Å². The molecule has 0 bridgehead atoms. The monoisotopic (exact) mass is 411 g/mol. The number of rotatable bonds is 5. The number of carbonyl (C=O) groups is 1. The van der Waals surface area contributed by atoms with Crippen molar-refractivity contribution in [2.75, 3.05) is 0 Å². The van der Waals surface area contributed by atoms with E-state index in [1.54, 1.807) is 36.4 Å². The van der Waals surface area contributed by atoms with Crippen LogP contribution in [0.2, 0.25) is 5.02 Å². The Balaban J connectivity index is 1.25. The van der Waals surface area contributed by atoms with Crippen LogP contribution in [-0.2, 0) is 0 Å². The van der Waals surface area contributed by atoms with Crippen molar-refractivity contribution in [3.8, 4) is 0 Å². The van der Waals surface area contributed by atoms with E-state index in [9.17, 15) is 9.18 Å². The maximum atomic E-state index is 13.7. The molecule has 0 saturated heterocycles. The minimum atomic E-state index is -0.226. The van der Waals surface area contributed by atoms with Gasteiger partial charge in [-0.05, 0) is 79.5 Å². The third-order valence-electron chi connectivity index (χ3n) is 6.74. The highest BCUT2D eigenvalue weighted by atomic mass is 35.5. The summed E-state index contributed by atoms with van der Waals surface area (Å²) in [5, 5.41) is 3.86. The zero-order valence-electron chi connectivity index (χ0n) is 16.2. The summed E-state index contributed by atoms with van der Waals surface area (Å²) in [7, 11) is 0. The predicted octanol–water partition coefficient (Wildman–Crippen LogP) is 5.23. The second-order valence-electron chi connectivity index (χ2n) is 8.31. The number of fused-ring (bicyclic) bond motifs is 2. The molecule has 5 rings (SSSR count). The fourth-order valence-electron chi connectivity index (χ4n) is 5.30. The van der Waals surface area contributed by atoms with Crippen LogP contribution in [0.4, 0.5) is 4.39 Å². The normalized spacial score (nSPS) is 26.3. The van der Waals surface area contributed by atoms with E-state index in [4.69, 9.17) is 11.6 Å². The van der Waals surface area contributed by atoms with Gasteiger partial charge in [0.2, 0.25) is 0 Å². The van der Waals surface area contributed by atoms with Crippen LogP contribution in [0.5, 0.6) is 0 Å². The van der Waals surface area contributed by atoms with Gasteiger partial charge in [-0.1, -0.05) is 18.5 Å². The SMILES string of the molecule is CC[C@@H](NC(=O)c1ccc(Cl)cc1)C1[C@H]2CC(n3cnc4ccc(F)cc43)C[C@@H]12. The van der Waals surface area contributed by atoms with Crippen molar-refractivity contribution in [3.05, 3.63) is 65.2 Å². The van der Waals surface area contributed by atoms with Gasteiger partial charge in [-0.25, -0.2) is 9.37 Å². The molecular formula is C23H23ClFN3O. The number of benzene rings is 2. The Morgan fingerprint density at radius 3 is 2.66 bits per heavy atom. The molecule has 1 aromatic heterocycles. The molecule has 2 fully saturated rings. The number of carbonyl (C=O) groups excluding carboxylic acids is 1. The number of nitrogens with one attached hydrogen (secondary N) is 1. The number of halogens is 2. The quantitative estimate of drug-likeness (QED) is 0.624. The highest BCUT2D eigenvalue weighted by Gasteiger charge is 2.59. The molecule has 0 radical (unpaired) electrons. The lowest BCUT2D eigenvalue weighted by atomic mass is 9.98. The Labute approximate surface area is 174 Å². The fraction of sp³-hybridized carbons (Fsp3) is 0.391. The highest BCUT2D eigenvalue weighted by Crippen LogP contribution is 2.62. The zero-order valence-corrected chi connectivity index (χ0v) is 16.9. The molecule has 2 aliphatic carbocycles. The molecule has 29 heavy (non-hydrogen) atoms. The summed E-state index contributed by atoms with van der Waals surface area (Å²) < 4.78 is 15.8. The zero-order chi connectivity index (χ0) is 20.1. The van der Waals surface area contributed by atoms with Crippen molar-refractivity contribution in [1.82, 2.24) is 14.9 Å². The highest BCUT2D eigenvalue weighted by molar-refractivity contribution is 6.30. The number of imidazole rings is 1. The molecule has 2 unspecified atom stereocenters. The number of nitrogens with zero attached hydrogens (tertiary/aromatic N) is 2. The van der Waals surface area contributed by atoms with Crippen LogP contribution in [0.25, 0.3) is 11.0 Å². The van der Waals surface area contributed by atoms with E-state index in [0.29, 0.717) is 34.4 Å². The van der Waals surface area contributed by atoms with Crippen molar-refractivity contribution in [3.63, 3.8) is 0 Å². The van der Waals surface area contributed by atoms with Crippen molar-refractivity contribution >= 4 is 28.5 Å². The van der Waals surface area contributed by atoms with Gasteiger partial charge in [0.05, 0.1) is 17.4 Å². The first-order valence-corrected chi connectivity index (χ1v) is 10.6. The molecule has 150 valence electrons. The molecule has 1 heterocycles. The molecule has 3 aromatic rings.